The Hall–Kier alpha value is -1.05. The lowest BCUT2D eigenvalue weighted by molar-refractivity contribution is 0.0589. The second-order valence-electron chi connectivity index (χ2n) is 6.52. The number of aliphatic hydroxyl groups excluding tert-OH is 1. The van der Waals surface area contributed by atoms with Gasteiger partial charge in [0.25, 0.3) is 0 Å². The molecule has 2 unspecified atom stereocenters. The van der Waals surface area contributed by atoms with Crippen LogP contribution in [0.1, 0.15) is 35.3 Å². The second-order valence-corrected chi connectivity index (χ2v) is 7.82. The van der Waals surface area contributed by atoms with Gasteiger partial charge in [-0.25, -0.2) is 9.37 Å². The molecule has 1 aromatic carbocycles. The zero-order valence-corrected chi connectivity index (χ0v) is 16.0. The van der Waals surface area contributed by atoms with Crippen LogP contribution in [-0.4, -0.2) is 52.6 Å². The zero-order chi connectivity index (χ0) is 18.0. The van der Waals surface area contributed by atoms with Crippen molar-refractivity contribution in [2.75, 3.05) is 32.7 Å². The largest absolute Gasteiger partial charge is 0.387 e. The van der Waals surface area contributed by atoms with E-state index in [0.29, 0.717) is 18.2 Å². The molecule has 2 heterocycles. The van der Waals surface area contributed by atoms with Crippen molar-refractivity contribution in [3.8, 4) is 0 Å². The van der Waals surface area contributed by atoms with E-state index < -0.39 is 6.10 Å². The maximum absolute atomic E-state index is 13.1. The van der Waals surface area contributed by atoms with Gasteiger partial charge in [-0.1, -0.05) is 17.7 Å². The Labute approximate surface area is 156 Å². The number of β-amino-alcohol motifs (C(OH)–C–C–N with tert-alkyl or cyclic N) is 1. The molecule has 1 aliphatic rings. The molecule has 2 atom stereocenters. The minimum absolute atomic E-state index is 0.277. The minimum atomic E-state index is -0.710. The summed E-state index contributed by atoms with van der Waals surface area (Å²) in [6.45, 7) is 8.35. The number of aryl methyl sites for hydroxylation is 1. The van der Waals surface area contributed by atoms with Crippen molar-refractivity contribution < 1.29 is 9.50 Å². The van der Waals surface area contributed by atoms with Crippen molar-refractivity contribution in [3.05, 3.63) is 50.7 Å². The maximum atomic E-state index is 13.1. The Kier molecular flexibility index (Phi) is 6.07. The lowest BCUT2D eigenvalue weighted by atomic mass is 10.1. The van der Waals surface area contributed by atoms with E-state index in [2.05, 4.69) is 27.1 Å². The standard InChI is InChI=1S/C18H23ClFN3OS/c1-12-11-25-18(21-12)13(2)23-7-5-22(6-8-23)10-17(24)15-4-3-14(20)9-16(15)19/h3-4,9,11,13,17,24H,5-8,10H2,1-2H3. The van der Waals surface area contributed by atoms with E-state index in [9.17, 15) is 9.50 Å². The predicted molar refractivity (Wildman–Crippen MR) is 99.6 cm³/mol. The first-order valence-corrected chi connectivity index (χ1v) is 9.71. The van der Waals surface area contributed by atoms with Gasteiger partial charge >= 0.3 is 0 Å². The van der Waals surface area contributed by atoms with Crippen LogP contribution >= 0.6 is 22.9 Å². The van der Waals surface area contributed by atoms with E-state index in [4.69, 9.17) is 11.6 Å². The highest BCUT2D eigenvalue weighted by Gasteiger charge is 2.25. The Bertz CT molecular complexity index is 718. The van der Waals surface area contributed by atoms with Crippen LogP contribution in [0.25, 0.3) is 0 Å². The third-order valence-electron chi connectivity index (χ3n) is 4.70. The predicted octanol–water partition coefficient (Wildman–Crippen LogP) is 3.66. The lowest BCUT2D eigenvalue weighted by Crippen LogP contribution is -2.48. The quantitative estimate of drug-likeness (QED) is 0.855. The number of aromatic nitrogens is 1. The minimum Gasteiger partial charge on any atom is -0.387 e. The Morgan fingerprint density at radius 2 is 2.04 bits per heavy atom. The Morgan fingerprint density at radius 1 is 1.32 bits per heavy atom. The SMILES string of the molecule is Cc1csc(C(C)N2CCN(CC(O)c3ccc(F)cc3Cl)CC2)n1. The van der Waals surface area contributed by atoms with Gasteiger partial charge in [-0.2, -0.15) is 0 Å². The van der Waals surface area contributed by atoms with Gasteiger partial charge in [0.2, 0.25) is 0 Å². The molecule has 1 aromatic heterocycles. The maximum Gasteiger partial charge on any atom is 0.124 e. The molecule has 0 radical (unpaired) electrons. The molecular formula is C18H23ClFN3OS. The van der Waals surface area contributed by atoms with Gasteiger partial charge in [0.1, 0.15) is 10.8 Å². The average molecular weight is 384 g/mol. The average Bonchev–Trinajstić information content (AvgIpc) is 3.01. The van der Waals surface area contributed by atoms with Gasteiger partial charge < -0.3 is 5.11 Å². The highest BCUT2D eigenvalue weighted by molar-refractivity contribution is 7.09. The van der Waals surface area contributed by atoms with Crippen molar-refractivity contribution >= 4 is 22.9 Å². The summed E-state index contributed by atoms with van der Waals surface area (Å²) in [5.41, 5.74) is 1.65. The highest BCUT2D eigenvalue weighted by atomic mass is 35.5. The third-order valence-corrected chi connectivity index (χ3v) is 6.16. The number of benzene rings is 1. The molecule has 25 heavy (non-hydrogen) atoms. The number of halogens is 2. The summed E-state index contributed by atoms with van der Waals surface area (Å²) in [4.78, 5) is 9.23. The molecule has 7 heteroatoms. The summed E-state index contributed by atoms with van der Waals surface area (Å²) in [5.74, 6) is -0.388. The van der Waals surface area contributed by atoms with Crippen LogP contribution in [0, 0.1) is 12.7 Å². The first-order chi connectivity index (χ1) is 11.9. The molecule has 1 aliphatic heterocycles. The Balaban J connectivity index is 1.53. The number of thiazole rings is 1. The molecule has 1 fully saturated rings. The van der Waals surface area contributed by atoms with Crippen LogP contribution in [0.3, 0.4) is 0 Å². The molecule has 0 saturated carbocycles. The fourth-order valence-corrected chi connectivity index (χ4v) is 4.35. The van der Waals surface area contributed by atoms with E-state index >= 15 is 0 Å². The molecule has 0 aliphatic carbocycles. The lowest BCUT2D eigenvalue weighted by Gasteiger charge is -2.38. The number of rotatable bonds is 5. The molecule has 3 rings (SSSR count). The summed E-state index contributed by atoms with van der Waals surface area (Å²) in [5, 5.41) is 14.0. The molecule has 1 N–H and O–H groups in total. The summed E-state index contributed by atoms with van der Waals surface area (Å²) < 4.78 is 13.1. The molecule has 0 amide bonds. The summed E-state index contributed by atoms with van der Waals surface area (Å²) in [6, 6.07) is 4.46. The first-order valence-electron chi connectivity index (χ1n) is 8.45. The van der Waals surface area contributed by atoms with E-state index in [1.54, 1.807) is 17.4 Å². The number of hydrogen-bond acceptors (Lipinski definition) is 5. The Morgan fingerprint density at radius 3 is 2.64 bits per heavy atom. The number of nitrogens with zero attached hydrogens (tertiary/aromatic N) is 3. The molecule has 0 spiro atoms. The van der Waals surface area contributed by atoms with Crippen LogP contribution < -0.4 is 0 Å². The van der Waals surface area contributed by atoms with Crippen molar-refractivity contribution in [3.63, 3.8) is 0 Å². The number of hydrogen-bond donors (Lipinski definition) is 1. The molecule has 4 nitrogen and oxygen atoms in total. The highest BCUT2D eigenvalue weighted by Crippen LogP contribution is 2.27. The summed E-state index contributed by atoms with van der Waals surface area (Å²) >= 11 is 7.76. The molecule has 2 aromatic rings. The van der Waals surface area contributed by atoms with Gasteiger partial charge in [0.05, 0.1) is 12.1 Å². The van der Waals surface area contributed by atoms with Crippen molar-refractivity contribution in [1.82, 2.24) is 14.8 Å². The van der Waals surface area contributed by atoms with Crippen LogP contribution in [-0.2, 0) is 0 Å². The fourth-order valence-electron chi connectivity index (χ4n) is 3.17. The third kappa shape index (κ3) is 4.57. The van der Waals surface area contributed by atoms with E-state index in [0.717, 1.165) is 36.9 Å². The van der Waals surface area contributed by atoms with Crippen LogP contribution in [0.4, 0.5) is 4.39 Å². The first kappa shape index (κ1) is 18.7. The molecule has 0 bridgehead atoms. The van der Waals surface area contributed by atoms with Crippen molar-refractivity contribution in [2.24, 2.45) is 0 Å². The van der Waals surface area contributed by atoms with Crippen LogP contribution in [0.5, 0.6) is 0 Å². The van der Waals surface area contributed by atoms with Gasteiger partial charge in [-0.05, 0) is 26.0 Å². The van der Waals surface area contributed by atoms with E-state index in [1.807, 2.05) is 6.92 Å². The van der Waals surface area contributed by atoms with Gasteiger partial charge in [-0.15, -0.1) is 11.3 Å². The number of aliphatic hydroxyl groups is 1. The molecule has 136 valence electrons. The fraction of sp³-hybridized carbons (Fsp3) is 0.500. The van der Waals surface area contributed by atoms with Crippen LogP contribution in [0.15, 0.2) is 23.6 Å². The van der Waals surface area contributed by atoms with Gasteiger partial charge in [0, 0.05) is 54.4 Å². The van der Waals surface area contributed by atoms with E-state index in [1.165, 1.54) is 12.1 Å². The summed E-state index contributed by atoms with van der Waals surface area (Å²) in [6.07, 6.45) is -0.710. The van der Waals surface area contributed by atoms with E-state index in [-0.39, 0.29) is 10.8 Å². The topological polar surface area (TPSA) is 39.6 Å². The van der Waals surface area contributed by atoms with Crippen molar-refractivity contribution in [1.29, 1.82) is 0 Å². The molecular weight excluding hydrogens is 361 g/mol. The monoisotopic (exact) mass is 383 g/mol. The van der Waals surface area contributed by atoms with Gasteiger partial charge in [0.15, 0.2) is 0 Å². The summed E-state index contributed by atoms with van der Waals surface area (Å²) in [7, 11) is 0. The van der Waals surface area contributed by atoms with Crippen LogP contribution in [0.2, 0.25) is 5.02 Å². The zero-order valence-electron chi connectivity index (χ0n) is 14.5. The van der Waals surface area contributed by atoms with Gasteiger partial charge in [-0.3, -0.25) is 9.80 Å². The normalized spacial score (nSPS) is 19.1. The smallest absolute Gasteiger partial charge is 0.124 e. The second kappa shape index (κ2) is 8.10. The van der Waals surface area contributed by atoms with Crippen molar-refractivity contribution in [2.45, 2.75) is 26.0 Å². The molecule has 1 saturated heterocycles. The number of piperazine rings is 1.